The Morgan fingerprint density at radius 2 is 2.20 bits per heavy atom. The molecule has 0 saturated heterocycles. The van der Waals surface area contributed by atoms with Gasteiger partial charge in [-0.3, -0.25) is 4.40 Å². The zero-order chi connectivity index (χ0) is 13.4. The first kappa shape index (κ1) is 11.5. The predicted molar refractivity (Wildman–Crippen MR) is 80.4 cm³/mol. The van der Waals surface area contributed by atoms with Crippen LogP contribution in [0.15, 0.2) is 48.9 Å². The highest BCUT2D eigenvalue weighted by molar-refractivity contribution is 5.80. The Morgan fingerprint density at radius 1 is 1.20 bits per heavy atom. The number of pyridine rings is 1. The molecule has 4 heteroatoms. The number of fused-ring (bicyclic) bond motifs is 1. The first-order valence-corrected chi connectivity index (χ1v) is 6.94. The minimum absolute atomic E-state index is 0.933. The fourth-order valence-corrected chi connectivity index (χ4v) is 2.81. The molecule has 0 fully saturated rings. The van der Waals surface area contributed by atoms with E-state index in [-0.39, 0.29) is 0 Å². The Balaban J connectivity index is 2.00. The summed E-state index contributed by atoms with van der Waals surface area (Å²) in [7, 11) is 0. The van der Waals surface area contributed by atoms with Crippen molar-refractivity contribution in [2.45, 2.75) is 6.42 Å². The second-order valence-corrected chi connectivity index (χ2v) is 5.02. The van der Waals surface area contributed by atoms with Gasteiger partial charge in [-0.15, -0.1) is 0 Å². The number of nitrogens with one attached hydrogen (secondary N) is 2. The molecule has 2 N–H and O–H groups in total. The minimum atomic E-state index is 0.933. The zero-order valence-electron chi connectivity index (χ0n) is 11.1. The summed E-state index contributed by atoms with van der Waals surface area (Å²) in [6.07, 6.45) is 9.36. The lowest BCUT2D eigenvalue weighted by Crippen LogP contribution is -2.20. The number of aromatic amines is 1. The Hall–Kier alpha value is -2.33. The summed E-state index contributed by atoms with van der Waals surface area (Å²) in [4.78, 5) is 7.93. The van der Waals surface area contributed by atoms with Crippen LogP contribution in [0.3, 0.4) is 0 Å². The van der Waals surface area contributed by atoms with E-state index in [0.717, 1.165) is 36.4 Å². The fraction of sp³-hybridized carbons (Fsp3) is 0.188. The van der Waals surface area contributed by atoms with Crippen molar-refractivity contribution in [1.82, 2.24) is 19.7 Å². The van der Waals surface area contributed by atoms with Crippen molar-refractivity contribution in [2.75, 3.05) is 13.1 Å². The van der Waals surface area contributed by atoms with Gasteiger partial charge in [-0.25, -0.2) is 4.98 Å². The van der Waals surface area contributed by atoms with Crippen LogP contribution in [0.1, 0.15) is 12.1 Å². The number of nitrogens with zero attached hydrogens (tertiary/aromatic N) is 2. The summed E-state index contributed by atoms with van der Waals surface area (Å²) in [5, 5.41) is 3.37. The molecule has 0 bridgehead atoms. The van der Waals surface area contributed by atoms with Crippen LogP contribution in [0, 0.1) is 0 Å². The molecule has 0 unspecified atom stereocenters. The number of H-pyrrole nitrogens is 1. The zero-order valence-corrected chi connectivity index (χ0v) is 11.1. The van der Waals surface area contributed by atoms with Crippen LogP contribution in [0.2, 0.25) is 0 Å². The summed E-state index contributed by atoms with van der Waals surface area (Å²) in [5.41, 5.74) is 5.80. The molecule has 1 aliphatic rings. The summed E-state index contributed by atoms with van der Waals surface area (Å²) in [5.74, 6) is 0. The highest BCUT2D eigenvalue weighted by Gasteiger charge is 2.18. The first-order chi connectivity index (χ1) is 9.93. The molecule has 4 heterocycles. The smallest absolute Gasteiger partial charge is 0.137 e. The van der Waals surface area contributed by atoms with Gasteiger partial charge in [-0.2, -0.15) is 0 Å². The molecular formula is C16H16N4. The maximum Gasteiger partial charge on any atom is 0.137 e. The third-order valence-electron chi connectivity index (χ3n) is 3.77. The quantitative estimate of drug-likeness (QED) is 0.747. The van der Waals surface area contributed by atoms with E-state index in [1.807, 2.05) is 18.5 Å². The molecule has 3 aromatic rings. The molecule has 3 aromatic heterocycles. The third kappa shape index (κ3) is 1.77. The maximum absolute atomic E-state index is 4.81. The van der Waals surface area contributed by atoms with Gasteiger partial charge in [0.2, 0.25) is 0 Å². The van der Waals surface area contributed by atoms with E-state index in [0.29, 0.717) is 0 Å². The topological polar surface area (TPSA) is 45.1 Å². The SMILES string of the molecule is C1=C(c2c(-c3cc[nH]c3)nc3ccccn23)CCNC1. The van der Waals surface area contributed by atoms with E-state index in [1.54, 1.807) is 0 Å². The van der Waals surface area contributed by atoms with Crippen LogP contribution in [0.4, 0.5) is 0 Å². The van der Waals surface area contributed by atoms with Crippen LogP contribution >= 0.6 is 0 Å². The summed E-state index contributed by atoms with van der Waals surface area (Å²) in [6, 6.07) is 8.22. The highest BCUT2D eigenvalue weighted by atomic mass is 15.0. The molecule has 0 amide bonds. The molecule has 0 spiro atoms. The molecule has 0 aliphatic carbocycles. The van der Waals surface area contributed by atoms with Gasteiger partial charge in [0.05, 0.1) is 11.4 Å². The van der Waals surface area contributed by atoms with E-state index < -0.39 is 0 Å². The van der Waals surface area contributed by atoms with Crippen molar-refractivity contribution in [1.29, 1.82) is 0 Å². The molecule has 0 atom stereocenters. The second kappa shape index (κ2) is 4.65. The van der Waals surface area contributed by atoms with Gasteiger partial charge in [0.25, 0.3) is 0 Å². The van der Waals surface area contributed by atoms with Crippen molar-refractivity contribution < 1.29 is 0 Å². The predicted octanol–water partition coefficient (Wildman–Crippen LogP) is 2.71. The third-order valence-corrected chi connectivity index (χ3v) is 3.77. The van der Waals surface area contributed by atoms with E-state index >= 15 is 0 Å². The van der Waals surface area contributed by atoms with Crippen LogP contribution in [0.25, 0.3) is 22.5 Å². The van der Waals surface area contributed by atoms with Gasteiger partial charge in [-0.1, -0.05) is 12.1 Å². The molecule has 100 valence electrons. The second-order valence-electron chi connectivity index (χ2n) is 5.02. The van der Waals surface area contributed by atoms with E-state index in [4.69, 9.17) is 4.98 Å². The van der Waals surface area contributed by atoms with E-state index in [1.165, 1.54) is 11.3 Å². The average Bonchev–Trinajstić information content (AvgIpc) is 3.15. The Bertz CT molecular complexity index is 765. The van der Waals surface area contributed by atoms with Crippen molar-refractivity contribution in [2.24, 2.45) is 0 Å². The number of aromatic nitrogens is 3. The Labute approximate surface area is 117 Å². The fourth-order valence-electron chi connectivity index (χ4n) is 2.81. The lowest BCUT2D eigenvalue weighted by atomic mass is 10.0. The van der Waals surface area contributed by atoms with Crippen molar-refractivity contribution in [3.63, 3.8) is 0 Å². The van der Waals surface area contributed by atoms with Crippen LogP contribution in [-0.2, 0) is 0 Å². The van der Waals surface area contributed by atoms with Crippen LogP contribution < -0.4 is 5.32 Å². The number of hydrogen-bond donors (Lipinski definition) is 2. The molecule has 1 aliphatic heterocycles. The van der Waals surface area contributed by atoms with Gasteiger partial charge in [0.15, 0.2) is 0 Å². The van der Waals surface area contributed by atoms with E-state index in [2.05, 4.69) is 45.2 Å². The molecular weight excluding hydrogens is 248 g/mol. The van der Waals surface area contributed by atoms with Crippen molar-refractivity contribution in [3.8, 4) is 11.3 Å². The summed E-state index contributed by atoms with van der Waals surface area (Å²) < 4.78 is 2.19. The first-order valence-electron chi connectivity index (χ1n) is 6.94. The lowest BCUT2D eigenvalue weighted by molar-refractivity contribution is 0.736. The minimum Gasteiger partial charge on any atom is -0.367 e. The van der Waals surface area contributed by atoms with Crippen molar-refractivity contribution >= 4 is 11.2 Å². The van der Waals surface area contributed by atoms with E-state index in [9.17, 15) is 0 Å². The summed E-state index contributed by atoms with van der Waals surface area (Å²) in [6.45, 7) is 1.96. The monoisotopic (exact) mass is 264 g/mol. The molecule has 20 heavy (non-hydrogen) atoms. The number of rotatable bonds is 2. The Morgan fingerprint density at radius 3 is 3.00 bits per heavy atom. The van der Waals surface area contributed by atoms with Gasteiger partial charge >= 0.3 is 0 Å². The molecule has 0 aromatic carbocycles. The molecule has 4 nitrogen and oxygen atoms in total. The lowest BCUT2D eigenvalue weighted by Gasteiger charge is -2.15. The standard InChI is InChI=1S/C16H16N4/c1-2-10-20-14(3-1)19-15(13-6-9-18-11-13)16(20)12-4-7-17-8-5-12/h1-4,6,9-11,17-18H,5,7-8H2. The maximum atomic E-state index is 4.81. The van der Waals surface area contributed by atoms with Gasteiger partial charge in [-0.05, 0) is 36.7 Å². The molecule has 0 radical (unpaired) electrons. The summed E-state index contributed by atoms with van der Waals surface area (Å²) >= 11 is 0. The van der Waals surface area contributed by atoms with Crippen LogP contribution in [-0.4, -0.2) is 27.5 Å². The van der Waals surface area contributed by atoms with Gasteiger partial charge in [0.1, 0.15) is 5.65 Å². The van der Waals surface area contributed by atoms with Gasteiger partial charge < -0.3 is 10.3 Å². The number of hydrogen-bond acceptors (Lipinski definition) is 2. The molecule has 0 saturated carbocycles. The number of imidazole rings is 1. The Kier molecular flexibility index (Phi) is 2.67. The largest absolute Gasteiger partial charge is 0.367 e. The molecule has 4 rings (SSSR count). The normalized spacial score (nSPS) is 15.5. The average molecular weight is 264 g/mol. The van der Waals surface area contributed by atoms with Crippen LogP contribution in [0.5, 0.6) is 0 Å². The van der Waals surface area contributed by atoms with Gasteiger partial charge in [0, 0.05) is 30.7 Å². The highest BCUT2D eigenvalue weighted by Crippen LogP contribution is 2.31. The van der Waals surface area contributed by atoms with Crippen molar-refractivity contribution in [3.05, 3.63) is 54.6 Å².